The summed E-state index contributed by atoms with van der Waals surface area (Å²) >= 11 is 0. The van der Waals surface area contributed by atoms with Crippen LogP contribution in [0.1, 0.15) is 17.2 Å². The van der Waals surface area contributed by atoms with Crippen molar-refractivity contribution < 1.29 is 14.6 Å². The van der Waals surface area contributed by atoms with Crippen LogP contribution in [0.2, 0.25) is 0 Å². The first-order valence-corrected chi connectivity index (χ1v) is 5.16. The van der Waals surface area contributed by atoms with Crippen LogP contribution in [0.25, 0.3) is 0 Å². The van der Waals surface area contributed by atoms with Crippen LogP contribution in [-0.2, 0) is 0 Å². The third-order valence-electron chi connectivity index (χ3n) is 2.39. The molecule has 92 valence electrons. The molecule has 0 spiro atoms. The predicted molar refractivity (Wildman–Crippen MR) is 63.1 cm³/mol. The Hall–Kier alpha value is -1.77. The van der Waals surface area contributed by atoms with Crippen molar-refractivity contribution in [2.75, 3.05) is 27.8 Å². The van der Waals surface area contributed by atoms with Gasteiger partial charge in [-0.2, -0.15) is 5.26 Å². The van der Waals surface area contributed by atoms with Gasteiger partial charge in [0.15, 0.2) is 11.5 Å². The number of nitrogens with one attached hydrogen (secondary N) is 1. The fraction of sp³-hybridized carbons (Fsp3) is 0.417. The molecule has 0 aromatic heterocycles. The smallest absolute Gasteiger partial charge is 0.166 e. The Morgan fingerprint density at radius 3 is 2.59 bits per heavy atom. The van der Waals surface area contributed by atoms with Gasteiger partial charge in [0.2, 0.25) is 0 Å². The van der Waals surface area contributed by atoms with Crippen LogP contribution in [0, 0.1) is 11.3 Å². The normalized spacial score (nSPS) is 11.7. The number of nitriles is 1. The summed E-state index contributed by atoms with van der Waals surface area (Å²) in [5.41, 5.74) is 0.963. The summed E-state index contributed by atoms with van der Waals surface area (Å²) in [6.45, 7) is 0.369. The SMILES string of the molecule is CNCC(O)c1cc(C#N)cc(OC)c1OC. The van der Waals surface area contributed by atoms with E-state index in [1.54, 1.807) is 19.2 Å². The topological polar surface area (TPSA) is 74.5 Å². The monoisotopic (exact) mass is 236 g/mol. The van der Waals surface area contributed by atoms with Crippen LogP contribution >= 0.6 is 0 Å². The van der Waals surface area contributed by atoms with Crippen molar-refractivity contribution >= 4 is 0 Å². The van der Waals surface area contributed by atoms with Crippen LogP contribution < -0.4 is 14.8 Å². The number of aliphatic hydroxyl groups excluding tert-OH is 1. The number of likely N-dealkylation sites (N-methyl/N-ethyl adjacent to an activating group) is 1. The summed E-state index contributed by atoms with van der Waals surface area (Å²) < 4.78 is 10.4. The lowest BCUT2D eigenvalue weighted by molar-refractivity contribution is 0.172. The molecule has 1 aromatic rings. The average Bonchev–Trinajstić information content (AvgIpc) is 2.37. The summed E-state index contributed by atoms with van der Waals surface area (Å²) in [7, 11) is 4.73. The highest BCUT2D eigenvalue weighted by atomic mass is 16.5. The molecule has 1 rings (SSSR count). The van der Waals surface area contributed by atoms with E-state index < -0.39 is 6.10 Å². The zero-order valence-electron chi connectivity index (χ0n) is 10.2. The molecule has 0 aliphatic rings. The number of ether oxygens (including phenoxy) is 2. The van der Waals surface area contributed by atoms with Crippen molar-refractivity contribution in [3.05, 3.63) is 23.3 Å². The van der Waals surface area contributed by atoms with Gasteiger partial charge in [-0.1, -0.05) is 0 Å². The summed E-state index contributed by atoms with van der Waals surface area (Å²) in [6.07, 6.45) is -0.753. The third kappa shape index (κ3) is 2.87. The molecule has 5 heteroatoms. The van der Waals surface area contributed by atoms with E-state index in [0.29, 0.717) is 29.2 Å². The molecular weight excluding hydrogens is 220 g/mol. The highest BCUT2D eigenvalue weighted by Gasteiger charge is 2.18. The van der Waals surface area contributed by atoms with E-state index in [4.69, 9.17) is 14.7 Å². The third-order valence-corrected chi connectivity index (χ3v) is 2.39. The highest BCUT2D eigenvalue weighted by Crippen LogP contribution is 2.35. The number of rotatable bonds is 5. The molecule has 17 heavy (non-hydrogen) atoms. The minimum atomic E-state index is -0.753. The lowest BCUT2D eigenvalue weighted by atomic mass is 10.0. The zero-order chi connectivity index (χ0) is 12.8. The van der Waals surface area contributed by atoms with Crippen molar-refractivity contribution in [3.63, 3.8) is 0 Å². The van der Waals surface area contributed by atoms with Gasteiger partial charge >= 0.3 is 0 Å². The molecule has 0 saturated heterocycles. The van der Waals surface area contributed by atoms with Crippen molar-refractivity contribution in [1.82, 2.24) is 5.32 Å². The van der Waals surface area contributed by atoms with Gasteiger partial charge < -0.3 is 19.9 Å². The van der Waals surface area contributed by atoms with Crippen molar-refractivity contribution in [3.8, 4) is 17.6 Å². The minimum absolute atomic E-state index is 0.369. The summed E-state index contributed by atoms with van der Waals surface area (Å²) in [5.74, 6) is 0.894. The first-order valence-electron chi connectivity index (χ1n) is 5.16. The van der Waals surface area contributed by atoms with Crippen molar-refractivity contribution in [2.24, 2.45) is 0 Å². The van der Waals surface area contributed by atoms with E-state index in [2.05, 4.69) is 5.32 Å². The van der Waals surface area contributed by atoms with Crippen LogP contribution in [0.15, 0.2) is 12.1 Å². The van der Waals surface area contributed by atoms with Gasteiger partial charge in [-0.15, -0.1) is 0 Å². The molecule has 0 amide bonds. The van der Waals surface area contributed by atoms with E-state index in [-0.39, 0.29) is 0 Å². The predicted octanol–water partition coefficient (Wildman–Crippen LogP) is 0.828. The Morgan fingerprint density at radius 2 is 2.12 bits per heavy atom. The molecule has 2 N–H and O–H groups in total. The highest BCUT2D eigenvalue weighted by molar-refractivity contribution is 5.53. The summed E-state index contributed by atoms with van der Waals surface area (Å²) in [5, 5.41) is 21.7. The average molecular weight is 236 g/mol. The van der Waals surface area contributed by atoms with Gasteiger partial charge in [0, 0.05) is 18.2 Å². The largest absolute Gasteiger partial charge is 0.493 e. The fourth-order valence-electron chi connectivity index (χ4n) is 1.61. The molecule has 5 nitrogen and oxygen atoms in total. The molecule has 1 unspecified atom stereocenters. The molecule has 0 saturated carbocycles. The number of hydrogen-bond acceptors (Lipinski definition) is 5. The molecule has 1 atom stereocenters. The Kier molecular flexibility index (Phi) is 4.76. The first kappa shape index (κ1) is 13.3. The van der Waals surface area contributed by atoms with Gasteiger partial charge in [0.1, 0.15) is 0 Å². The van der Waals surface area contributed by atoms with E-state index in [1.165, 1.54) is 14.2 Å². The Bertz CT molecular complexity index is 426. The second kappa shape index (κ2) is 6.09. The molecule has 0 aliphatic heterocycles. The maximum Gasteiger partial charge on any atom is 0.166 e. The lowest BCUT2D eigenvalue weighted by Crippen LogP contribution is -2.17. The van der Waals surface area contributed by atoms with E-state index in [1.807, 2.05) is 6.07 Å². The van der Waals surface area contributed by atoms with Crippen molar-refractivity contribution in [1.29, 1.82) is 5.26 Å². The molecule has 0 aliphatic carbocycles. The molecule has 1 aromatic carbocycles. The lowest BCUT2D eigenvalue weighted by Gasteiger charge is -2.17. The quantitative estimate of drug-likeness (QED) is 0.792. The second-order valence-electron chi connectivity index (χ2n) is 3.49. The Morgan fingerprint density at radius 1 is 1.41 bits per heavy atom. The molecule has 0 heterocycles. The molecule has 0 fully saturated rings. The maximum atomic E-state index is 9.96. The van der Waals surface area contributed by atoms with E-state index >= 15 is 0 Å². The van der Waals surface area contributed by atoms with Gasteiger partial charge in [0.05, 0.1) is 32.0 Å². The molecule has 0 bridgehead atoms. The van der Waals surface area contributed by atoms with E-state index in [9.17, 15) is 5.11 Å². The fourth-order valence-corrected chi connectivity index (χ4v) is 1.61. The number of nitrogens with zero attached hydrogens (tertiary/aromatic N) is 1. The van der Waals surface area contributed by atoms with Gasteiger partial charge in [0.25, 0.3) is 0 Å². The number of benzene rings is 1. The van der Waals surface area contributed by atoms with Gasteiger partial charge in [-0.05, 0) is 13.1 Å². The minimum Gasteiger partial charge on any atom is -0.493 e. The van der Waals surface area contributed by atoms with Gasteiger partial charge in [-0.3, -0.25) is 0 Å². The molecular formula is C12H16N2O3. The number of aliphatic hydroxyl groups is 1. The number of methoxy groups -OCH3 is 2. The maximum absolute atomic E-state index is 9.96. The summed E-state index contributed by atoms with van der Waals surface area (Å²) in [4.78, 5) is 0. The zero-order valence-corrected chi connectivity index (χ0v) is 10.2. The standard InChI is InChI=1S/C12H16N2O3/c1-14-7-10(15)9-4-8(6-13)5-11(16-2)12(9)17-3/h4-5,10,14-15H,7H2,1-3H3. The summed E-state index contributed by atoms with van der Waals surface area (Å²) in [6, 6.07) is 5.20. The van der Waals surface area contributed by atoms with Crippen LogP contribution in [-0.4, -0.2) is 32.9 Å². The number of hydrogen-bond donors (Lipinski definition) is 2. The Balaban J connectivity index is 3.29. The van der Waals surface area contributed by atoms with Crippen LogP contribution in [0.4, 0.5) is 0 Å². The van der Waals surface area contributed by atoms with Crippen LogP contribution in [0.3, 0.4) is 0 Å². The second-order valence-corrected chi connectivity index (χ2v) is 3.49. The van der Waals surface area contributed by atoms with E-state index in [0.717, 1.165) is 0 Å². The Labute approximate surface area is 101 Å². The van der Waals surface area contributed by atoms with Crippen molar-refractivity contribution in [2.45, 2.75) is 6.10 Å². The first-order chi connectivity index (χ1) is 8.17. The molecule has 0 radical (unpaired) electrons. The van der Waals surface area contributed by atoms with Gasteiger partial charge in [-0.25, -0.2) is 0 Å². The van der Waals surface area contributed by atoms with Crippen LogP contribution in [0.5, 0.6) is 11.5 Å².